The fraction of sp³-hybridized carbons (Fsp3) is 0. The minimum atomic E-state index is -0.00236. The molecule has 0 bridgehead atoms. The van der Waals surface area contributed by atoms with Crippen molar-refractivity contribution < 1.29 is 4.79 Å². The van der Waals surface area contributed by atoms with E-state index >= 15 is 0 Å². The molecule has 0 unspecified atom stereocenters. The molecule has 1 heterocycles. The molecule has 0 saturated carbocycles. The van der Waals surface area contributed by atoms with Gasteiger partial charge in [-0.25, -0.2) is 0 Å². The number of benzene rings is 1. The largest absolute Gasteiger partial charge is 0.289 e. The van der Waals surface area contributed by atoms with Gasteiger partial charge < -0.3 is 0 Å². The number of carbonyl (C=O) groups excluding carboxylic acids is 1. The van der Waals surface area contributed by atoms with Crippen molar-refractivity contribution in [1.82, 2.24) is 0 Å². The third-order valence-corrected chi connectivity index (χ3v) is 2.90. The van der Waals surface area contributed by atoms with Crippen LogP contribution >= 0.6 is 11.3 Å². The number of carbonyl (C=O) groups is 1. The zero-order valence-electron chi connectivity index (χ0n) is 6.99. The number of allylic oxidation sites excluding steroid dienone is 1. The van der Waals surface area contributed by atoms with E-state index in [2.05, 4.69) is 6.58 Å². The number of thiophene rings is 1. The summed E-state index contributed by atoms with van der Waals surface area (Å²) in [5.74, 6) is -0.00236. The maximum Gasteiger partial charge on any atom is 0.186 e. The van der Waals surface area contributed by atoms with E-state index in [4.69, 9.17) is 0 Å². The van der Waals surface area contributed by atoms with Crippen molar-refractivity contribution in [2.75, 3.05) is 0 Å². The van der Waals surface area contributed by atoms with Crippen molar-refractivity contribution in [3.05, 3.63) is 47.9 Å². The summed E-state index contributed by atoms with van der Waals surface area (Å²) in [4.78, 5) is 11.4. The molecule has 1 nitrogen and oxygen atoms in total. The third-order valence-electron chi connectivity index (χ3n) is 1.93. The summed E-state index contributed by atoms with van der Waals surface area (Å²) in [5.41, 5.74) is 0.760. The minimum absolute atomic E-state index is 0.00236. The fourth-order valence-corrected chi connectivity index (χ4v) is 2.23. The van der Waals surface area contributed by atoms with Crippen molar-refractivity contribution in [1.29, 1.82) is 0 Å². The van der Waals surface area contributed by atoms with Crippen LogP contribution in [0.1, 0.15) is 10.4 Å². The van der Waals surface area contributed by atoms with Gasteiger partial charge in [0.25, 0.3) is 0 Å². The molecular formula is C11H8OS. The van der Waals surface area contributed by atoms with E-state index in [1.54, 1.807) is 11.3 Å². The van der Waals surface area contributed by atoms with Crippen molar-refractivity contribution in [3.8, 4) is 0 Å². The van der Waals surface area contributed by atoms with Crippen LogP contribution in [0, 0.1) is 0 Å². The first kappa shape index (κ1) is 8.20. The Labute approximate surface area is 80.3 Å². The number of fused-ring (bicyclic) bond motifs is 1. The zero-order valence-corrected chi connectivity index (χ0v) is 7.80. The highest BCUT2D eigenvalue weighted by molar-refractivity contribution is 7.17. The molecule has 0 aliphatic carbocycles. The molecule has 2 rings (SSSR count). The van der Waals surface area contributed by atoms with Gasteiger partial charge in [-0.2, -0.15) is 0 Å². The SMILES string of the molecule is C=CC(=O)c1csc2ccccc12. The molecule has 0 aliphatic rings. The Balaban J connectivity index is 2.71. The van der Waals surface area contributed by atoms with Gasteiger partial charge in [-0.05, 0) is 12.1 Å². The molecule has 13 heavy (non-hydrogen) atoms. The van der Waals surface area contributed by atoms with Gasteiger partial charge in [0.05, 0.1) is 0 Å². The Morgan fingerprint density at radius 2 is 2.15 bits per heavy atom. The smallest absolute Gasteiger partial charge is 0.186 e. The van der Waals surface area contributed by atoms with E-state index in [1.807, 2.05) is 29.6 Å². The average Bonchev–Trinajstić information content (AvgIpc) is 2.60. The molecule has 0 saturated heterocycles. The van der Waals surface area contributed by atoms with Crippen LogP contribution in [0.25, 0.3) is 10.1 Å². The lowest BCUT2D eigenvalue weighted by atomic mass is 10.1. The Kier molecular flexibility index (Phi) is 1.99. The fourth-order valence-electron chi connectivity index (χ4n) is 1.28. The van der Waals surface area contributed by atoms with Crippen LogP contribution in [0.3, 0.4) is 0 Å². The van der Waals surface area contributed by atoms with Crippen LogP contribution in [0.5, 0.6) is 0 Å². The lowest BCUT2D eigenvalue weighted by Gasteiger charge is -1.91. The number of rotatable bonds is 2. The van der Waals surface area contributed by atoms with Crippen LogP contribution in [0.4, 0.5) is 0 Å². The summed E-state index contributed by atoms with van der Waals surface area (Å²) in [7, 11) is 0. The molecule has 1 aromatic heterocycles. The van der Waals surface area contributed by atoms with Crippen molar-refractivity contribution >= 4 is 27.2 Å². The van der Waals surface area contributed by atoms with Crippen molar-refractivity contribution in [2.24, 2.45) is 0 Å². The molecule has 0 spiro atoms. The summed E-state index contributed by atoms with van der Waals surface area (Å²) >= 11 is 1.59. The minimum Gasteiger partial charge on any atom is -0.289 e. The van der Waals surface area contributed by atoms with E-state index in [0.29, 0.717) is 0 Å². The van der Waals surface area contributed by atoms with Crippen LogP contribution < -0.4 is 0 Å². The van der Waals surface area contributed by atoms with E-state index in [9.17, 15) is 4.79 Å². The summed E-state index contributed by atoms with van der Waals surface area (Å²) in [6.45, 7) is 3.48. The topological polar surface area (TPSA) is 17.1 Å². The number of hydrogen-bond acceptors (Lipinski definition) is 2. The van der Waals surface area contributed by atoms with Gasteiger partial charge in [0.1, 0.15) is 0 Å². The molecule has 64 valence electrons. The molecule has 1 aromatic carbocycles. The Morgan fingerprint density at radius 1 is 1.38 bits per heavy atom. The van der Waals surface area contributed by atoms with Crippen molar-refractivity contribution in [2.45, 2.75) is 0 Å². The van der Waals surface area contributed by atoms with E-state index in [1.165, 1.54) is 6.08 Å². The number of hydrogen-bond donors (Lipinski definition) is 0. The van der Waals surface area contributed by atoms with Gasteiger partial charge in [0, 0.05) is 21.0 Å². The highest BCUT2D eigenvalue weighted by atomic mass is 32.1. The first-order valence-corrected chi connectivity index (χ1v) is 4.84. The lowest BCUT2D eigenvalue weighted by molar-refractivity contribution is 0.104. The highest BCUT2D eigenvalue weighted by Crippen LogP contribution is 2.25. The third kappa shape index (κ3) is 1.29. The molecular weight excluding hydrogens is 180 g/mol. The highest BCUT2D eigenvalue weighted by Gasteiger charge is 2.07. The molecule has 0 atom stereocenters. The van der Waals surface area contributed by atoms with E-state index in [-0.39, 0.29) is 5.78 Å². The Hall–Kier alpha value is -1.41. The summed E-state index contributed by atoms with van der Waals surface area (Å²) in [6.07, 6.45) is 1.36. The molecule has 0 fully saturated rings. The molecule has 0 aliphatic heterocycles. The Bertz CT molecular complexity index is 468. The maximum absolute atomic E-state index is 11.4. The van der Waals surface area contributed by atoms with Gasteiger partial charge >= 0.3 is 0 Å². The Morgan fingerprint density at radius 3 is 2.92 bits per heavy atom. The first-order chi connectivity index (χ1) is 6.33. The van der Waals surface area contributed by atoms with E-state index in [0.717, 1.165) is 15.6 Å². The van der Waals surface area contributed by atoms with Gasteiger partial charge in [-0.3, -0.25) is 4.79 Å². The maximum atomic E-state index is 11.4. The molecule has 2 heteroatoms. The molecule has 0 N–H and O–H groups in total. The van der Waals surface area contributed by atoms with Gasteiger partial charge in [-0.1, -0.05) is 24.8 Å². The zero-order chi connectivity index (χ0) is 9.26. The van der Waals surface area contributed by atoms with Gasteiger partial charge in [0.15, 0.2) is 5.78 Å². The van der Waals surface area contributed by atoms with Crippen LogP contribution in [-0.4, -0.2) is 5.78 Å². The number of ketones is 1. The van der Waals surface area contributed by atoms with Gasteiger partial charge in [-0.15, -0.1) is 11.3 Å². The molecule has 0 amide bonds. The second kappa shape index (κ2) is 3.15. The quantitative estimate of drug-likeness (QED) is 0.522. The standard InChI is InChI=1S/C11H8OS/c1-2-10(12)9-7-13-11-6-4-3-5-8(9)11/h2-7H,1H2. The average molecular weight is 188 g/mol. The van der Waals surface area contributed by atoms with E-state index < -0.39 is 0 Å². The lowest BCUT2D eigenvalue weighted by Crippen LogP contribution is -1.90. The predicted octanol–water partition coefficient (Wildman–Crippen LogP) is 3.27. The summed E-state index contributed by atoms with van der Waals surface area (Å²) < 4.78 is 1.15. The molecule has 0 radical (unpaired) electrons. The summed E-state index contributed by atoms with van der Waals surface area (Å²) in [5, 5.41) is 2.91. The second-order valence-corrected chi connectivity index (χ2v) is 3.63. The monoisotopic (exact) mass is 188 g/mol. The summed E-state index contributed by atoms with van der Waals surface area (Å²) in [6, 6.07) is 7.89. The van der Waals surface area contributed by atoms with Gasteiger partial charge in [0.2, 0.25) is 0 Å². The normalized spacial score (nSPS) is 10.2. The predicted molar refractivity (Wildman–Crippen MR) is 56.4 cm³/mol. The van der Waals surface area contributed by atoms with Crippen LogP contribution in [-0.2, 0) is 0 Å². The van der Waals surface area contributed by atoms with Crippen LogP contribution in [0.15, 0.2) is 42.3 Å². The second-order valence-electron chi connectivity index (χ2n) is 2.71. The first-order valence-electron chi connectivity index (χ1n) is 3.96. The van der Waals surface area contributed by atoms with Crippen LogP contribution in [0.2, 0.25) is 0 Å². The van der Waals surface area contributed by atoms with Crippen molar-refractivity contribution in [3.63, 3.8) is 0 Å². The molecule has 2 aromatic rings.